The van der Waals surface area contributed by atoms with Crippen molar-refractivity contribution in [3.05, 3.63) is 12.2 Å². The number of nitrogens with one attached hydrogen (secondary N) is 2. The van der Waals surface area contributed by atoms with Gasteiger partial charge in [0.25, 0.3) is 0 Å². The molecule has 0 bridgehead atoms. The summed E-state index contributed by atoms with van der Waals surface area (Å²) in [6.07, 6.45) is 0.0852. The number of rotatable bonds is 7. The van der Waals surface area contributed by atoms with Crippen LogP contribution in [0.5, 0.6) is 0 Å². The van der Waals surface area contributed by atoms with Gasteiger partial charge < -0.3 is 25.0 Å². The van der Waals surface area contributed by atoms with Gasteiger partial charge in [-0.2, -0.15) is 5.48 Å². The van der Waals surface area contributed by atoms with E-state index in [0.29, 0.717) is 0 Å². The Morgan fingerprint density at radius 3 is 2.04 bits per heavy atom. The van der Waals surface area contributed by atoms with Gasteiger partial charge >= 0.3 is 12.2 Å². The van der Waals surface area contributed by atoms with Crippen molar-refractivity contribution < 1.29 is 34.1 Å². The third-order valence-electron chi connectivity index (χ3n) is 2.38. The first-order valence-electron chi connectivity index (χ1n) is 7.90. The zero-order chi connectivity index (χ0) is 19.7. The second kappa shape index (κ2) is 10.2. The lowest BCUT2D eigenvalue weighted by atomic mass is 10.1. The van der Waals surface area contributed by atoms with Gasteiger partial charge in [0.15, 0.2) is 0 Å². The molecule has 9 nitrogen and oxygen atoms in total. The molecule has 4 N–H and O–H groups in total. The van der Waals surface area contributed by atoms with E-state index in [4.69, 9.17) is 14.3 Å². The summed E-state index contributed by atoms with van der Waals surface area (Å²) >= 11 is 0. The van der Waals surface area contributed by atoms with Gasteiger partial charge in [-0.25, -0.2) is 9.59 Å². The Morgan fingerprint density at radius 2 is 1.56 bits per heavy atom. The van der Waals surface area contributed by atoms with E-state index in [2.05, 4.69) is 10.8 Å². The zero-order valence-electron chi connectivity index (χ0n) is 15.7. The first-order chi connectivity index (χ1) is 11.3. The summed E-state index contributed by atoms with van der Waals surface area (Å²) in [7, 11) is 0. The number of amides is 2. The minimum Gasteiger partial charge on any atom is -0.444 e. The van der Waals surface area contributed by atoms with Gasteiger partial charge in [0.05, 0.1) is 25.4 Å². The van der Waals surface area contributed by atoms with Crippen LogP contribution in [0.15, 0.2) is 12.2 Å². The Bertz CT molecular complexity index is 452. The smallest absolute Gasteiger partial charge is 0.431 e. The van der Waals surface area contributed by atoms with E-state index in [1.54, 1.807) is 41.5 Å². The van der Waals surface area contributed by atoms with Crippen molar-refractivity contribution in [2.24, 2.45) is 0 Å². The molecule has 2 atom stereocenters. The van der Waals surface area contributed by atoms with Crippen molar-refractivity contribution in [2.75, 3.05) is 13.2 Å². The van der Waals surface area contributed by atoms with Gasteiger partial charge in [0.1, 0.15) is 11.2 Å². The summed E-state index contributed by atoms with van der Waals surface area (Å²) in [5, 5.41) is 21.6. The molecule has 0 aromatic heterocycles. The van der Waals surface area contributed by atoms with Crippen molar-refractivity contribution in [1.29, 1.82) is 0 Å². The number of carbonyl (C=O) groups is 2. The fourth-order valence-electron chi connectivity index (χ4n) is 1.47. The third-order valence-corrected chi connectivity index (χ3v) is 2.38. The Balaban J connectivity index is 4.23. The topological polar surface area (TPSA) is 126 Å². The number of alkyl carbamates (subject to hydrolysis) is 1. The Labute approximate surface area is 148 Å². The average molecular weight is 362 g/mol. The normalized spacial score (nSPS) is 14.7. The van der Waals surface area contributed by atoms with E-state index in [1.165, 1.54) is 12.2 Å². The predicted molar refractivity (Wildman–Crippen MR) is 90.7 cm³/mol. The maximum Gasteiger partial charge on any atom is 0.431 e. The van der Waals surface area contributed by atoms with Crippen LogP contribution in [-0.4, -0.2) is 59.0 Å². The molecule has 0 aliphatic rings. The molecule has 0 fully saturated rings. The molecule has 0 radical (unpaired) electrons. The monoisotopic (exact) mass is 362 g/mol. The van der Waals surface area contributed by atoms with Crippen molar-refractivity contribution >= 4 is 12.2 Å². The zero-order valence-corrected chi connectivity index (χ0v) is 15.7. The molecular weight excluding hydrogens is 332 g/mol. The van der Waals surface area contributed by atoms with Crippen LogP contribution >= 0.6 is 0 Å². The molecule has 0 spiro atoms. The van der Waals surface area contributed by atoms with E-state index >= 15 is 0 Å². The summed E-state index contributed by atoms with van der Waals surface area (Å²) in [6, 6.07) is -0.940. The fourth-order valence-corrected chi connectivity index (χ4v) is 1.47. The minimum atomic E-state index is -1.16. The molecule has 0 aliphatic carbocycles. The van der Waals surface area contributed by atoms with Crippen LogP contribution in [0.1, 0.15) is 41.5 Å². The molecule has 0 rings (SSSR count). The van der Waals surface area contributed by atoms with Crippen LogP contribution < -0.4 is 10.8 Å². The van der Waals surface area contributed by atoms with Crippen molar-refractivity contribution in [3.8, 4) is 0 Å². The molecule has 0 saturated carbocycles. The first-order valence-corrected chi connectivity index (χ1v) is 7.90. The third kappa shape index (κ3) is 13.2. The van der Waals surface area contributed by atoms with Gasteiger partial charge in [-0.15, -0.1) is 0 Å². The van der Waals surface area contributed by atoms with E-state index in [1.807, 2.05) is 0 Å². The number of aliphatic hydroxyl groups excluding tert-OH is 2. The minimum absolute atomic E-state index is 0.0408. The summed E-state index contributed by atoms with van der Waals surface area (Å²) in [4.78, 5) is 27.8. The van der Waals surface area contributed by atoms with Gasteiger partial charge in [0.2, 0.25) is 0 Å². The highest BCUT2D eigenvalue weighted by atomic mass is 16.7. The Morgan fingerprint density at radius 1 is 1.04 bits per heavy atom. The van der Waals surface area contributed by atoms with Gasteiger partial charge in [0, 0.05) is 0 Å². The summed E-state index contributed by atoms with van der Waals surface area (Å²) < 4.78 is 10.0. The molecule has 0 aromatic rings. The van der Waals surface area contributed by atoms with E-state index < -0.39 is 42.1 Å². The second-order valence-electron chi connectivity index (χ2n) is 7.27. The quantitative estimate of drug-likeness (QED) is 0.305. The van der Waals surface area contributed by atoms with Gasteiger partial charge in [-0.05, 0) is 41.5 Å². The summed E-state index contributed by atoms with van der Waals surface area (Å²) in [5.74, 6) is 0. The second-order valence-corrected chi connectivity index (χ2v) is 7.27. The van der Waals surface area contributed by atoms with E-state index in [9.17, 15) is 19.8 Å². The lowest BCUT2D eigenvalue weighted by Gasteiger charge is -2.24. The SMILES string of the molecule is CC(C)(C)OC(=O)NOC/C=C/[C@@H](O)[C@H](CO)NC(=O)OC(C)(C)C. The van der Waals surface area contributed by atoms with Crippen LogP contribution in [0.4, 0.5) is 9.59 Å². The van der Waals surface area contributed by atoms with Gasteiger partial charge in [-0.1, -0.05) is 12.2 Å². The summed E-state index contributed by atoms with van der Waals surface area (Å²) in [5.41, 5.74) is 0.755. The molecule has 0 heterocycles. The molecule has 2 amide bonds. The average Bonchev–Trinajstić information content (AvgIpc) is 2.40. The van der Waals surface area contributed by atoms with E-state index in [0.717, 1.165) is 0 Å². The maximum absolute atomic E-state index is 11.6. The lowest BCUT2D eigenvalue weighted by molar-refractivity contribution is -0.000232. The first kappa shape index (κ1) is 23.2. The van der Waals surface area contributed by atoms with Crippen LogP contribution in [0.2, 0.25) is 0 Å². The largest absolute Gasteiger partial charge is 0.444 e. The van der Waals surface area contributed by atoms with Crippen LogP contribution in [0.3, 0.4) is 0 Å². The fraction of sp³-hybridized carbons (Fsp3) is 0.750. The van der Waals surface area contributed by atoms with Gasteiger partial charge in [-0.3, -0.25) is 4.84 Å². The molecular formula is C16H30N2O7. The highest BCUT2D eigenvalue weighted by Gasteiger charge is 2.22. The predicted octanol–water partition coefficient (Wildman–Crippen LogP) is 1.25. The van der Waals surface area contributed by atoms with Crippen LogP contribution in [0, 0.1) is 0 Å². The molecule has 0 aromatic carbocycles. The van der Waals surface area contributed by atoms with Crippen molar-refractivity contribution in [2.45, 2.75) is 64.9 Å². The number of hydrogen-bond acceptors (Lipinski definition) is 7. The van der Waals surface area contributed by atoms with E-state index in [-0.39, 0.29) is 6.61 Å². The highest BCUT2D eigenvalue weighted by molar-refractivity contribution is 5.68. The van der Waals surface area contributed by atoms with Crippen molar-refractivity contribution in [3.63, 3.8) is 0 Å². The standard InChI is InChI=1S/C16H30N2O7/c1-15(2,3)24-13(21)17-11(10-19)12(20)8-7-9-23-18-14(22)25-16(4,5)6/h7-8,11-12,19-20H,9-10H2,1-6H3,(H,17,21)(H,18,22)/b8-7+/t11-,12+/m0/s1. The Kier molecular flexibility index (Phi) is 9.47. The number of aliphatic hydroxyl groups is 2. The number of ether oxygens (including phenoxy) is 2. The number of hydrogen-bond donors (Lipinski definition) is 4. The molecule has 25 heavy (non-hydrogen) atoms. The highest BCUT2D eigenvalue weighted by Crippen LogP contribution is 2.08. The van der Waals surface area contributed by atoms with Crippen LogP contribution in [0.25, 0.3) is 0 Å². The molecule has 9 heteroatoms. The molecule has 0 saturated heterocycles. The van der Waals surface area contributed by atoms with Crippen molar-refractivity contribution in [1.82, 2.24) is 10.8 Å². The number of carbonyl (C=O) groups excluding carboxylic acids is 2. The molecule has 0 unspecified atom stereocenters. The Hall–Kier alpha value is -1.84. The molecule has 146 valence electrons. The molecule has 0 aliphatic heterocycles. The lowest BCUT2D eigenvalue weighted by Crippen LogP contribution is -2.47. The maximum atomic E-state index is 11.6. The summed E-state index contributed by atoms with van der Waals surface area (Å²) in [6.45, 7) is 9.73. The van der Waals surface area contributed by atoms with Crippen LogP contribution in [-0.2, 0) is 14.3 Å². The number of hydroxylamine groups is 1.